The van der Waals surface area contributed by atoms with Crippen LogP contribution in [0, 0.1) is 0 Å². The van der Waals surface area contributed by atoms with Crippen LogP contribution < -0.4 is 9.47 Å². The van der Waals surface area contributed by atoms with Crippen molar-refractivity contribution < 1.29 is 28.8 Å². The van der Waals surface area contributed by atoms with Crippen molar-refractivity contribution in [3.05, 3.63) is 95.6 Å². The first kappa shape index (κ1) is 21.9. The molecule has 5 rings (SSSR count). The summed E-state index contributed by atoms with van der Waals surface area (Å²) in [5, 5.41) is 10.8. The average molecular weight is 449 g/mol. The van der Waals surface area contributed by atoms with Crippen molar-refractivity contribution in [1.82, 2.24) is 0 Å². The highest BCUT2D eigenvalue weighted by molar-refractivity contribution is 5.49. The predicted octanol–water partition coefficient (Wildman–Crippen LogP) is 3.54. The van der Waals surface area contributed by atoms with E-state index in [0.29, 0.717) is 13.2 Å². The van der Waals surface area contributed by atoms with Crippen molar-refractivity contribution in [2.24, 2.45) is 0 Å². The lowest BCUT2D eigenvalue weighted by Gasteiger charge is -2.39. The van der Waals surface area contributed by atoms with Crippen molar-refractivity contribution in [1.29, 1.82) is 0 Å². The highest BCUT2D eigenvalue weighted by Crippen LogP contribution is 2.44. The van der Waals surface area contributed by atoms with Gasteiger partial charge in [-0.05, 0) is 41.0 Å². The van der Waals surface area contributed by atoms with Gasteiger partial charge >= 0.3 is 0 Å². The molecule has 1 unspecified atom stereocenters. The monoisotopic (exact) mass is 448 g/mol. The van der Waals surface area contributed by atoms with Gasteiger partial charge in [0, 0.05) is 0 Å². The maximum absolute atomic E-state index is 10.8. The van der Waals surface area contributed by atoms with Crippen molar-refractivity contribution in [2.45, 2.75) is 23.4 Å². The minimum absolute atomic E-state index is 0.164. The van der Waals surface area contributed by atoms with Crippen LogP contribution in [-0.2, 0) is 19.8 Å². The molecule has 1 N–H and O–H groups in total. The summed E-state index contributed by atoms with van der Waals surface area (Å²) in [5.41, 5.74) is 0.972. The minimum Gasteiger partial charge on any atom is -0.497 e. The number of aliphatic hydroxyl groups is 1. The fourth-order valence-electron chi connectivity index (χ4n) is 4.75. The molecular formula is C27H28O6. The summed E-state index contributed by atoms with van der Waals surface area (Å²) in [5.74, 6) is 1.52. The second kappa shape index (κ2) is 8.80. The largest absolute Gasteiger partial charge is 0.497 e. The third-order valence-electron chi connectivity index (χ3n) is 6.67. The molecule has 2 fully saturated rings. The second-order valence-electron chi connectivity index (χ2n) is 8.46. The number of rotatable bonds is 8. The first-order chi connectivity index (χ1) is 16.1. The molecule has 0 spiro atoms. The molecular weight excluding hydrogens is 420 g/mol. The third kappa shape index (κ3) is 3.69. The quantitative estimate of drug-likeness (QED) is 0.532. The van der Waals surface area contributed by atoms with E-state index in [0.717, 1.165) is 28.2 Å². The molecule has 0 saturated carbocycles. The summed E-state index contributed by atoms with van der Waals surface area (Å²) in [6, 6.07) is 25.8. The molecule has 2 heterocycles. The summed E-state index contributed by atoms with van der Waals surface area (Å²) < 4.78 is 29.4. The third-order valence-corrected chi connectivity index (χ3v) is 6.67. The molecule has 2 aliphatic rings. The van der Waals surface area contributed by atoms with Crippen LogP contribution in [0.15, 0.2) is 78.9 Å². The molecule has 2 aliphatic heterocycles. The van der Waals surface area contributed by atoms with Crippen LogP contribution in [0.5, 0.6) is 11.5 Å². The normalized spacial score (nSPS) is 24.1. The minimum atomic E-state index is -0.960. The van der Waals surface area contributed by atoms with E-state index in [-0.39, 0.29) is 12.7 Å². The van der Waals surface area contributed by atoms with Crippen molar-refractivity contribution in [3.8, 4) is 11.5 Å². The molecule has 6 heteroatoms. The van der Waals surface area contributed by atoms with Gasteiger partial charge in [-0.1, -0.05) is 54.6 Å². The van der Waals surface area contributed by atoms with E-state index in [1.165, 1.54) is 0 Å². The first-order valence-corrected chi connectivity index (χ1v) is 11.0. The number of hydrogen-bond acceptors (Lipinski definition) is 6. The fourth-order valence-corrected chi connectivity index (χ4v) is 4.75. The van der Waals surface area contributed by atoms with Gasteiger partial charge in [0.05, 0.1) is 34.0 Å². The molecule has 3 aromatic carbocycles. The molecule has 33 heavy (non-hydrogen) atoms. The van der Waals surface area contributed by atoms with Gasteiger partial charge in [0.1, 0.15) is 34.9 Å². The maximum Gasteiger partial charge on any atom is 0.143 e. The molecule has 3 atom stereocenters. The zero-order chi connectivity index (χ0) is 22.9. The van der Waals surface area contributed by atoms with Gasteiger partial charge in [0.25, 0.3) is 0 Å². The van der Waals surface area contributed by atoms with Gasteiger partial charge in [0.2, 0.25) is 0 Å². The zero-order valence-electron chi connectivity index (χ0n) is 18.8. The maximum atomic E-state index is 10.8. The lowest BCUT2D eigenvalue weighted by molar-refractivity contribution is -0.154. The van der Waals surface area contributed by atoms with Gasteiger partial charge < -0.3 is 28.8 Å². The summed E-state index contributed by atoms with van der Waals surface area (Å²) in [6.07, 6.45) is -1.03. The smallest absolute Gasteiger partial charge is 0.143 e. The number of fused-ring (bicyclic) bond motifs is 2. The van der Waals surface area contributed by atoms with Crippen LogP contribution in [0.2, 0.25) is 0 Å². The van der Waals surface area contributed by atoms with Gasteiger partial charge in [-0.2, -0.15) is 0 Å². The summed E-state index contributed by atoms with van der Waals surface area (Å²) in [7, 11) is 3.29. The van der Waals surface area contributed by atoms with Crippen molar-refractivity contribution >= 4 is 0 Å². The van der Waals surface area contributed by atoms with E-state index >= 15 is 0 Å². The zero-order valence-corrected chi connectivity index (χ0v) is 18.8. The molecule has 2 saturated heterocycles. The van der Waals surface area contributed by atoms with E-state index in [4.69, 9.17) is 23.7 Å². The Morgan fingerprint density at radius 2 is 1.39 bits per heavy atom. The Hall–Kier alpha value is -2.90. The first-order valence-electron chi connectivity index (χ1n) is 11.0. The standard InChI is InChI=1S/C27H28O6/c1-29-22-12-8-20(9-13-22)27(19-6-4-3-5-7-19,21-10-14-23(30-2)15-11-21)33-18-26-17-31-24(16-32-26)25(26)28/h3-15,24-25,28H,16-18H2,1-2H3/t24-,25?,26-/m1/s1. The lowest BCUT2D eigenvalue weighted by Crippen LogP contribution is -2.48. The van der Waals surface area contributed by atoms with Crippen LogP contribution in [0.1, 0.15) is 16.7 Å². The number of benzene rings is 3. The molecule has 0 aromatic heterocycles. The Morgan fingerprint density at radius 3 is 1.82 bits per heavy atom. The van der Waals surface area contributed by atoms with Crippen LogP contribution in [-0.4, -0.2) is 57.0 Å². The van der Waals surface area contributed by atoms with E-state index in [1.54, 1.807) is 14.2 Å². The predicted molar refractivity (Wildman–Crippen MR) is 123 cm³/mol. The number of ether oxygens (including phenoxy) is 5. The second-order valence-corrected chi connectivity index (χ2v) is 8.46. The SMILES string of the molecule is COc1ccc(C(OC[C@@]23CO[C@H](CO2)C3O)(c2ccccc2)c2ccc(OC)cc2)cc1. The topological polar surface area (TPSA) is 66.4 Å². The van der Waals surface area contributed by atoms with Gasteiger partial charge in [0.15, 0.2) is 0 Å². The van der Waals surface area contributed by atoms with Crippen molar-refractivity contribution in [2.75, 3.05) is 34.0 Å². The number of hydrogen-bond donors (Lipinski definition) is 1. The Kier molecular flexibility index (Phi) is 5.85. The fraction of sp³-hybridized carbons (Fsp3) is 0.333. The molecule has 0 amide bonds. The van der Waals surface area contributed by atoms with Crippen LogP contribution in [0.25, 0.3) is 0 Å². The molecule has 0 radical (unpaired) electrons. The van der Waals surface area contributed by atoms with E-state index in [1.807, 2.05) is 78.9 Å². The van der Waals surface area contributed by atoms with Crippen LogP contribution in [0.3, 0.4) is 0 Å². The molecule has 6 nitrogen and oxygen atoms in total. The van der Waals surface area contributed by atoms with Crippen LogP contribution in [0.4, 0.5) is 0 Å². The highest BCUT2D eigenvalue weighted by Gasteiger charge is 2.57. The van der Waals surface area contributed by atoms with Gasteiger partial charge in [-0.3, -0.25) is 0 Å². The molecule has 172 valence electrons. The molecule has 0 aliphatic carbocycles. The van der Waals surface area contributed by atoms with E-state index in [9.17, 15) is 5.11 Å². The van der Waals surface area contributed by atoms with Crippen LogP contribution >= 0.6 is 0 Å². The average Bonchev–Trinajstić information content (AvgIpc) is 3.37. The number of methoxy groups -OCH3 is 2. The summed E-state index contributed by atoms with van der Waals surface area (Å²) in [4.78, 5) is 0. The van der Waals surface area contributed by atoms with Gasteiger partial charge in [-0.15, -0.1) is 0 Å². The van der Waals surface area contributed by atoms with E-state index in [2.05, 4.69) is 0 Å². The summed E-state index contributed by atoms with van der Waals surface area (Å²) in [6.45, 7) is 0.834. The van der Waals surface area contributed by atoms with E-state index < -0.39 is 17.3 Å². The Bertz CT molecular complexity index is 1010. The summed E-state index contributed by atoms with van der Waals surface area (Å²) >= 11 is 0. The Morgan fingerprint density at radius 1 is 0.848 bits per heavy atom. The molecule has 2 bridgehead atoms. The lowest BCUT2D eigenvalue weighted by atomic mass is 9.79. The number of aliphatic hydroxyl groups excluding tert-OH is 1. The highest BCUT2D eigenvalue weighted by atomic mass is 16.6. The van der Waals surface area contributed by atoms with Gasteiger partial charge in [-0.25, -0.2) is 0 Å². The Balaban J connectivity index is 1.65. The van der Waals surface area contributed by atoms with Crippen molar-refractivity contribution in [3.63, 3.8) is 0 Å². The molecule has 3 aromatic rings. The Labute approximate surface area is 193 Å².